The molecule has 12 heteroatoms. The predicted molar refractivity (Wildman–Crippen MR) is 149 cm³/mol. The van der Waals surface area contributed by atoms with E-state index in [1.165, 1.54) is 45.3 Å². The summed E-state index contributed by atoms with van der Waals surface area (Å²) in [6, 6.07) is 9.71. The number of aliphatic hydroxyl groups is 1. The lowest BCUT2D eigenvalue weighted by Gasteiger charge is -2.17. The number of hydrogen-bond donors (Lipinski definition) is 1. The number of nitrogens with zero attached hydrogens (tertiary/aromatic N) is 2. The molecule has 222 valence electrons. The molecule has 0 bridgehead atoms. The van der Waals surface area contributed by atoms with Gasteiger partial charge in [0.25, 0.3) is 11.4 Å². The van der Waals surface area contributed by atoms with Crippen molar-refractivity contribution in [3.05, 3.63) is 91.5 Å². The second kappa shape index (κ2) is 19.7. The first kappa shape index (κ1) is 34.8. The van der Waals surface area contributed by atoms with Crippen LogP contribution in [0.5, 0.6) is 0 Å². The summed E-state index contributed by atoms with van der Waals surface area (Å²) in [7, 11) is 2.96. The summed E-state index contributed by atoms with van der Waals surface area (Å²) < 4.78 is 25.2. The molecule has 0 radical (unpaired) electrons. The maximum absolute atomic E-state index is 11.0. The van der Waals surface area contributed by atoms with Crippen molar-refractivity contribution in [3.63, 3.8) is 0 Å². The molecule has 1 N–H and O–H groups in total. The minimum atomic E-state index is -0.546. The molecule has 1 heterocycles. The van der Waals surface area contributed by atoms with Crippen LogP contribution in [0, 0.1) is 34.1 Å². The van der Waals surface area contributed by atoms with Crippen molar-refractivity contribution in [2.75, 3.05) is 47.6 Å². The fourth-order valence-corrected chi connectivity index (χ4v) is 3.70. The maximum atomic E-state index is 11.0. The third kappa shape index (κ3) is 12.3. The van der Waals surface area contributed by atoms with Gasteiger partial charge in [-0.1, -0.05) is 29.3 Å². The average Bonchev–Trinajstić information content (AvgIpc) is 3.52. The Hall–Kier alpha value is -3.26. The van der Waals surface area contributed by atoms with Crippen molar-refractivity contribution in [1.29, 1.82) is 0 Å². The summed E-state index contributed by atoms with van der Waals surface area (Å²) >= 11 is 0. The molecule has 0 spiro atoms. The van der Waals surface area contributed by atoms with Gasteiger partial charge in [-0.25, -0.2) is 0 Å². The summed E-state index contributed by atoms with van der Waals surface area (Å²) in [6.45, 7) is 9.30. The van der Waals surface area contributed by atoms with Crippen molar-refractivity contribution in [1.82, 2.24) is 0 Å². The SMILES string of the molecule is C1CCOC1.C=CC(OCOC)c1cc(C)ccc1[N+](=O)[O-].COCOC(CCO)c1cc(C)ccc1[N+](=O)[O-]. The van der Waals surface area contributed by atoms with E-state index in [-0.39, 0.29) is 38.0 Å². The molecule has 2 aromatic rings. The first-order chi connectivity index (χ1) is 19.2. The van der Waals surface area contributed by atoms with Gasteiger partial charge in [-0.3, -0.25) is 20.2 Å². The topological polar surface area (TPSA) is 153 Å². The van der Waals surface area contributed by atoms with E-state index in [9.17, 15) is 20.2 Å². The van der Waals surface area contributed by atoms with E-state index in [0.29, 0.717) is 11.1 Å². The van der Waals surface area contributed by atoms with E-state index in [4.69, 9.17) is 28.8 Å². The van der Waals surface area contributed by atoms with Crippen LogP contribution < -0.4 is 0 Å². The summed E-state index contributed by atoms with van der Waals surface area (Å²) in [6.07, 6.45) is 3.26. The number of nitro groups is 2. The Morgan fingerprint density at radius 3 is 1.85 bits per heavy atom. The van der Waals surface area contributed by atoms with Gasteiger partial charge in [-0.2, -0.15) is 0 Å². The second-order valence-electron chi connectivity index (χ2n) is 8.76. The van der Waals surface area contributed by atoms with Gasteiger partial charge < -0.3 is 28.8 Å². The largest absolute Gasteiger partial charge is 0.396 e. The van der Waals surface area contributed by atoms with Crippen LogP contribution >= 0.6 is 0 Å². The van der Waals surface area contributed by atoms with Gasteiger partial charge in [-0.15, -0.1) is 6.58 Å². The van der Waals surface area contributed by atoms with Crippen molar-refractivity contribution in [3.8, 4) is 0 Å². The molecule has 2 atom stereocenters. The molecule has 40 heavy (non-hydrogen) atoms. The third-order valence-electron chi connectivity index (χ3n) is 5.60. The van der Waals surface area contributed by atoms with Crippen LogP contribution in [-0.2, 0) is 23.7 Å². The van der Waals surface area contributed by atoms with Crippen LogP contribution in [-0.4, -0.2) is 62.6 Å². The Morgan fingerprint density at radius 1 is 0.925 bits per heavy atom. The first-order valence-corrected chi connectivity index (χ1v) is 12.7. The van der Waals surface area contributed by atoms with Crippen LogP contribution in [0.2, 0.25) is 0 Å². The highest BCUT2D eigenvalue weighted by Crippen LogP contribution is 2.31. The van der Waals surface area contributed by atoms with E-state index in [1.807, 2.05) is 13.8 Å². The minimum absolute atomic E-state index is 0.00449. The summed E-state index contributed by atoms with van der Waals surface area (Å²) in [5.74, 6) is 0. The van der Waals surface area contributed by atoms with Gasteiger partial charge in [0.05, 0.1) is 27.1 Å². The van der Waals surface area contributed by atoms with Crippen molar-refractivity contribution in [2.45, 2.75) is 45.3 Å². The molecule has 3 rings (SSSR count). The van der Waals surface area contributed by atoms with Gasteiger partial charge >= 0.3 is 0 Å². The van der Waals surface area contributed by atoms with Crippen LogP contribution in [0.15, 0.2) is 49.1 Å². The van der Waals surface area contributed by atoms with Crippen LogP contribution in [0.1, 0.15) is 53.7 Å². The Labute approximate surface area is 234 Å². The molecule has 0 aliphatic carbocycles. The van der Waals surface area contributed by atoms with Gasteiger partial charge in [0.15, 0.2) is 0 Å². The quantitative estimate of drug-likeness (QED) is 0.143. The molecule has 0 amide bonds. The van der Waals surface area contributed by atoms with Gasteiger partial charge in [0.2, 0.25) is 0 Å². The Kier molecular flexibility index (Phi) is 17.2. The third-order valence-corrected chi connectivity index (χ3v) is 5.60. The van der Waals surface area contributed by atoms with E-state index >= 15 is 0 Å². The lowest BCUT2D eigenvalue weighted by molar-refractivity contribution is -0.386. The number of aryl methyl sites for hydroxylation is 2. The molecule has 1 aliphatic heterocycles. The highest BCUT2D eigenvalue weighted by Gasteiger charge is 2.23. The molecule has 1 saturated heterocycles. The first-order valence-electron chi connectivity index (χ1n) is 12.7. The van der Waals surface area contributed by atoms with E-state index in [1.54, 1.807) is 24.3 Å². The van der Waals surface area contributed by atoms with Crippen LogP contribution in [0.25, 0.3) is 0 Å². The summed E-state index contributed by atoms with van der Waals surface area (Å²) in [5, 5.41) is 30.9. The maximum Gasteiger partial charge on any atom is 0.275 e. The number of aliphatic hydroxyl groups excluding tert-OH is 1. The molecule has 2 aromatic carbocycles. The molecule has 0 saturated carbocycles. The lowest BCUT2D eigenvalue weighted by atomic mass is 10.0. The lowest BCUT2D eigenvalue weighted by Crippen LogP contribution is -2.11. The predicted octanol–water partition coefficient (Wildman–Crippen LogP) is 5.49. The highest BCUT2D eigenvalue weighted by molar-refractivity contribution is 5.45. The standard InChI is InChI=1S/C12H17NO5.C12H15NO4.C4H8O/c1-9-3-4-11(13(15)16)10(7-9)12(5-6-14)18-8-17-2;1-4-12(17-8-16-3)10-7-9(2)5-6-11(10)13(14)15;1-2-4-5-3-1/h3-4,7,12,14H,5-6,8H2,1-2H3;4-7,12H,1,8H2,2-3H3;1-4H2. The molecule has 12 nitrogen and oxygen atoms in total. The zero-order valence-corrected chi connectivity index (χ0v) is 23.6. The normalized spacial score (nSPS) is 13.7. The monoisotopic (exact) mass is 564 g/mol. The van der Waals surface area contributed by atoms with Crippen molar-refractivity contribution >= 4 is 11.4 Å². The van der Waals surface area contributed by atoms with Gasteiger partial charge in [-0.05, 0) is 38.8 Å². The number of nitro benzene ring substituents is 2. The Morgan fingerprint density at radius 2 is 1.43 bits per heavy atom. The molecule has 0 aromatic heterocycles. The molecule has 1 fully saturated rings. The zero-order chi connectivity index (χ0) is 29.9. The number of ether oxygens (including phenoxy) is 5. The summed E-state index contributed by atoms with van der Waals surface area (Å²) in [4.78, 5) is 21.0. The van der Waals surface area contributed by atoms with Crippen LogP contribution in [0.3, 0.4) is 0 Å². The molecule has 2 unspecified atom stereocenters. The van der Waals surface area contributed by atoms with E-state index < -0.39 is 22.1 Å². The molecular weight excluding hydrogens is 524 g/mol. The highest BCUT2D eigenvalue weighted by atomic mass is 16.7. The Bertz CT molecular complexity index is 1050. The van der Waals surface area contributed by atoms with Gasteiger partial charge in [0.1, 0.15) is 19.7 Å². The minimum Gasteiger partial charge on any atom is -0.396 e. The zero-order valence-electron chi connectivity index (χ0n) is 23.6. The number of benzene rings is 2. The summed E-state index contributed by atoms with van der Waals surface area (Å²) in [5.41, 5.74) is 2.80. The molecular formula is C28H40N2O10. The van der Waals surface area contributed by atoms with Crippen molar-refractivity contribution < 1.29 is 38.6 Å². The van der Waals surface area contributed by atoms with Crippen LogP contribution in [0.4, 0.5) is 11.4 Å². The van der Waals surface area contributed by atoms with Crippen molar-refractivity contribution in [2.24, 2.45) is 0 Å². The fraction of sp³-hybridized carbons (Fsp3) is 0.500. The number of rotatable bonds is 13. The Balaban J connectivity index is 0.000000340. The average molecular weight is 565 g/mol. The molecule has 1 aliphatic rings. The smallest absolute Gasteiger partial charge is 0.275 e. The van der Waals surface area contributed by atoms with Gasteiger partial charge in [0, 0.05) is 52.6 Å². The van der Waals surface area contributed by atoms with E-state index in [2.05, 4.69) is 6.58 Å². The number of methoxy groups -OCH3 is 2. The fourth-order valence-electron chi connectivity index (χ4n) is 3.70. The second-order valence-corrected chi connectivity index (χ2v) is 8.76. The number of hydrogen-bond acceptors (Lipinski definition) is 10. The van der Waals surface area contributed by atoms with E-state index in [0.717, 1.165) is 24.3 Å².